The van der Waals surface area contributed by atoms with E-state index in [9.17, 15) is 9.59 Å². The summed E-state index contributed by atoms with van der Waals surface area (Å²) in [5.41, 5.74) is 2.29. The Morgan fingerprint density at radius 2 is 1.70 bits per heavy atom. The standard InChI is InChI=1S/C21H18Cl2N2O2/c22-17-8-5-15(6-9-17)7-11-20(26)24-18-10-12-21(27)25(14-18)13-16-3-1-2-4-19(16)23/h1-6,8-10,12,14H,7,11,13H2,(H,24,26). The number of aromatic nitrogens is 1. The van der Waals surface area contributed by atoms with Crippen LogP contribution >= 0.6 is 23.2 Å². The maximum atomic E-state index is 12.2. The van der Waals surface area contributed by atoms with Crippen molar-refractivity contribution in [2.45, 2.75) is 19.4 Å². The van der Waals surface area contributed by atoms with Gasteiger partial charge in [-0.2, -0.15) is 0 Å². The number of rotatable bonds is 6. The van der Waals surface area contributed by atoms with E-state index in [4.69, 9.17) is 23.2 Å². The summed E-state index contributed by atoms with van der Waals surface area (Å²) in [6, 6.07) is 17.8. The number of benzene rings is 2. The molecule has 1 aromatic heterocycles. The average molecular weight is 401 g/mol. The number of halogens is 2. The van der Waals surface area contributed by atoms with Crippen molar-refractivity contribution in [1.82, 2.24) is 4.57 Å². The Balaban J connectivity index is 1.65. The lowest BCUT2D eigenvalue weighted by Gasteiger charge is -2.11. The molecular weight excluding hydrogens is 383 g/mol. The summed E-state index contributed by atoms with van der Waals surface area (Å²) in [5, 5.41) is 4.10. The van der Waals surface area contributed by atoms with Crippen molar-refractivity contribution >= 4 is 34.8 Å². The molecule has 0 bridgehead atoms. The van der Waals surface area contributed by atoms with E-state index in [2.05, 4.69) is 5.32 Å². The number of nitrogens with one attached hydrogen (secondary N) is 1. The summed E-state index contributed by atoms with van der Waals surface area (Å²) in [6.45, 7) is 0.340. The lowest BCUT2D eigenvalue weighted by molar-refractivity contribution is -0.116. The highest BCUT2D eigenvalue weighted by molar-refractivity contribution is 6.31. The molecule has 27 heavy (non-hydrogen) atoms. The quantitative estimate of drug-likeness (QED) is 0.647. The molecule has 1 amide bonds. The molecule has 0 saturated carbocycles. The first kappa shape index (κ1) is 19.2. The zero-order valence-electron chi connectivity index (χ0n) is 14.5. The van der Waals surface area contributed by atoms with E-state index >= 15 is 0 Å². The molecule has 0 saturated heterocycles. The molecule has 2 aromatic carbocycles. The van der Waals surface area contributed by atoms with Gasteiger partial charge in [0, 0.05) is 28.7 Å². The SMILES string of the molecule is O=C(CCc1ccc(Cl)cc1)Nc1ccc(=O)n(Cc2ccccc2Cl)c1. The molecule has 0 atom stereocenters. The summed E-state index contributed by atoms with van der Waals surface area (Å²) in [5.74, 6) is -0.118. The van der Waals surface area contributed by atoms with Crippen LogP contribution in [0.15, 0.2) is 71.7 Å². The van der Waals surface area contributed by atoms with Crippen LogP contribution in [-0.2, 0) is 17.8 Å². The van der Waals surface area contributed by atoms with Crippen LogP contribution in [0.25, 0.3) is 0 Å². The fraction of sp³-hybridized carbons (Fsp3) is 0.143. The van der Waals surface area contributed by atoms with Crippen LogP contribution in [0, 0.1) is 0 Å². The van der Waals surface area contributed by atoms with Gasteiger partial charge in [0.15, 0.2) is 0 Å². The van der Waals surface area contributed by atoms with Crippen LogP contribution in [0.4, 0.5) is 5.69 Å². The first-order valence-electron chi connectivity index (χ1n) is 8.49. The van der Waals surface area contributed by atoms with E-state index in [1.54, 1.807) is 30.5 Å². The van der Waals surface area contributed by atoms with Gasteiger partial charge in [-0.1, -0.05) is 53.5 Å². The van der Waals surface area contributed by atoms with Crippen LogP contribution in [-0.4, -0.2) is 10.5 Å². The number of carbonyl (C=O) groups excluding carboxylic acids is 1. The second kappa shape index (κ2) is 8.89. The fourth-order valence-electron chi connectivity index (χ4n) is 2.67. The second-order valence-electron chi connectivity index (χ2n) is 6.15. The molecule has 6 heteroatoms. The summed E-state index contributed by atoms with van der Waals surface area (Å²) in [4.78, 5) is 24.3. The number of amides is 1. The van der Waals surface area contributed by atoms with Gasteiger partial charge < -0.3 is 9.88 Å². The van der Waals surface area contributed by atoms with Gasteiger partial charge >= 0.3 is 0 Å². The minimum Gasteiger partial charge on any atom is -0.325 e. The van der Waals surface area contributed by atoms with Gasteiger partial charge in [0.2, 0.25) is 5.91 Å². The van der Waals surface area contributed by atoms with Gasteiger partial charge in [-0.25, -0.2) is 0 Å². The molecule has 0 aliphatic heterocycles. The van der Waals surface area contributed by atoms with E-state index < -0.39 is 0 Å². The average Bonchev–Trinajstić information content (AvgIpc) is 2.66. The van der Waals surface area contributed by atoms with Gasteiger partial charge in [-0.3, -0.25) is 9.59 Å². The normalized spacial score (nSPS) is 10.6. The number of hydrogen-bond acceptors (Lipinski definition) is 2. The first-order valence-corrected chi connectivity index (χ1v) is 9.25. The topological polar surface area (TPSA) is 51.1 Å². The Labute approximate surface area is 167 Å². The predicted molar refractivity (Wildman–Crippen MR) is 110 cm³/mol. The molecule has 138 valence electrons. The van der Waals surface area contributed by atoms with Crippen molar-refractivity contribution in [3.05, 3.63) is 98.4 Å². The monoisotopic (exact) mass is 400 g/mol. The zero-order chi connectivity index (χ0) is 19.2. The number of hydrogen-bond donors (Lipinski definition) is 1. The molecule has 3 aromatic rings. The Morgan fingerprint density at radius 1 is 0.963 bits per heavy atom. The van der Waals surface area contributed by atoms with Gasteiger partial charge in [-0.05, 0) is 41.8 Å². The van der Waals surface area contributed by atoms with E-state index in [-0.39, 0.29) is 11.5 Å². The highest BCUT2D eigenvalue weighted by Crippen LogP contribution is 2.16. The lowest BCUT2D eigenvalue weighted by atomic mass is 10.1. The maximum Gasteiger partial charge on any atom is 0.250 e. The van der Waals surface area contributed by atoms with E-state index in [0.717, 1.165) is 11.1 Å². The van der Waals surface area contributed by atoms with E-state index in [1.165, 1.54) is 10.6 Å². The molecular formula is C21H18Cl2N2O2. The largest absolute Gasteiger partial charge is 0.325 e. The Hall–Kier alpha value is -2.56. The summed E-state index contributed by atoms with van der Waals surface area (Å²) in [7, 11) is 0. The maximum absolute atomic E-state index is 12.2. The Morgan fingerprint density at radius 3 is 2.44 bits per heavy atom. The lowest BCUT2D eigenvalue weighted by Crippen LogP contribution is -2.21. The molecule has 0 fully saturated rings. The van der Waals surface area contributed by atoms with Crippen LogP contribution in [0.2, 0.25) is 10.0 Å². The molecule has 0 aliphatic rings. The Kier molecular flexibility index (Phi) is 6.32. The van der Waals surface area contributed by atoms with Crippen molar-refractivity contribution in [2.75, 3.05) is 5.32 Å². The van der Waals surface area contributed by atoms with Crippen LogP contribution in [0.1, 0.15) is 17.5 Å². The number of anilines is 1. The van der Waals surface area contributed by atoms with Gasteiger partial charge in [0.05, 0.1) is 12.2 Å². The van der Waals surface area contributed by atoms with Crippen LogP contribution in [0.3, 0.4) is 0 Å². The second-order valence-corrected chi connectivity index (χ2v) is 6.99. The highest BCUT2D eigenvalue weighted by Gasteiger charge is 2.07. The minimum absolute atomic E-state index is 0.118. The van der Waals surface area contributed by atoms with Gasteiger partial charge in [0.1, 0.15) is 0 Å². The van der Waals surface area contributed by atoms with E-state index in [0.29, 0.717) is 35.1 Å². The van der Waals surface area contributed by atoms with Gasteiger partial charge in [0.25, 0.3) is 5.56 Å². The molecule has 0 unspecified atom stereocenters. The summed E-state index contributed by atoms with van der Waals surface area (Å²) < 4.78 is 1.52. The van der Waals surface area contributed by atoms with Crippen molar-refractivity contribution in [1.29, 1.82) is 0 Å². The fourth-order valence-corrected chi connectivity index (χ4v) is 2.99. The molecule has 0 spiro atoms. The third-order valence-corrected chi connectivity index (χ3v) is 4.74. The number of pyridine rings is 1. The van der Waals surface area contributed by atoms with Gasteiger partial charge in [-0.15, -0.1) is 0 Å². The van der Waals surface area contributed by atoms with Crippen molar-refractivity contribution in [3.8, 4) is 0 Å². The number of aryl methyl sites for hydroxylation is 1. The molecule has 1 N–H and O–H groups in total. The molecule has 3 rings (SSSR count). The third kappa shape index (κ3) is 5.46. The summed E-state index contributed by atoms with van der Waals surface area (Å²) >= 11 is 12.0. The van der Waals surface area contributed by atoms with Crippen molar-refractivity contribution in [2.24, 2.45) is 0 Å². The van der Waals surface area contributed by atoms with Crippen molar-refractivity contribution in [3.63, 3.8) is 0 Å². The molecule has 4 nitrogen and oxygen atoms in total. The smallest absolute Gasteiger partial charge is 0.250 e. The first-order chi connectivity index (χ1) is 13.0. The molecule has 0 aliphatic carbocycles. The predicted octanol–water partition coefficient (Wildman–Crippen LogP) is 4.77. The summed E-state index contributed by atoms with van der Waals surface area (Å²) in [6.07, 6.45) is 2.58. The third-order valence-electron chi connectivity index (χ3n) is 4.12. The minimum atomic E-state index is -0.158. The van der Waals surface area contributed by atoms with Crippen LogP contribution in [0.5, 0.6) is 0 Å². The van der Waals surface area contributed by atoms with E-state index in [1.807, 2.05) is 30.3 Å². The number of carbonyl (C=O) groups is 1. The van der Waals surface area contributed by atoms with Crippen LogP contribution < -0.4 is 10.9 Å². The highest BCUT2D eigenvalue weighted by atomic mass is 35.5. The number of nitrogens with zero attached hydrogens (tertiary/aromatic N) is 1. The van der Waals surface area contributed by atoms with Crippen molar-refractivity contribution < 1.29 is 4.79 Å². The molecule has 1 heterocycles. The molecule has 0 radical (unpaired) electrons. The zero-order valence-corrected chi connectivity index (χ0v) is 16.0. The Bertz CT molecular complexity index is 998.